The van der Waals surface area contributed by atoms with Crippen molar-refractivity contribution in [3.05, 3.63) is 137 Å². The van der Waals surface area contributed by atoms with E-state index in [-0.39, 0.29) is 36.9 Å². The highest BCUT2D eigenvalue weighted by molar-refractivity contribution is 7.87. The van der Waals surface area contributed by atoms with Crippen LogP contribution in [0.2, 0.25) is 0 Å². The quantitative estimate of drug-likeness (QED) is 0.143. The molecule has 44 heavy (non-hydrogen) atoms. The minimum absolute atomic E-state index is 0.0576. The summed E-state index contributed by atoms with van der Waals surface area (Å²) in [5, 5.41) is 0. The third-order valence-electron chi connectivity index (χ3n) is 8.94. The Morgan fingerprint density at radius 2 is 1.09 bits per heavy atom. The van der Waals surface area contributed by atoms with Gasteiger partial charge < -0.3 is 9.47 Å². The van der Waals surface area contributed by atoms with Crippen molar-refractivity contribution in [1.82, 2.24) is 0 Å². The molecule has 6 heteroatoms. The molecule has 0 bridgehead atoms. The van der Waals surface area contributed by atoms with Gasteiger partial charge in [0.2, 0.25) is 0 Å². The lowest BCUT2D eigenvalue weighted by atomic mass is 9.81. The smallest absolute Gasteiger partial charge is 0.294 e. The molecule has 5 unspecified atom stereocenters. The molecule has 0 spiro atoms. The molecule has 0 amide bonds. The summed E-state index contributed by atoms with van der Waals surface area (Å²) in [7, 11) is -4.37. The molecule has 0 aliphatic carbocycles. The van der Waals surface area contributed by atoms with Crippen LogP contribution >= 0.6 is 0 Å². The van der Waals surface area contributed by atoms with Gasteiger partial charge in [-0.25, -0.2) is 0 Å². The minimum atomic E-state index is -4.37. The average Bonchev–Trinajstić information content (AvgIpc) is 3.04. The second kappa shape index (κ2) is 14.6. The zero-order valence-corrected chi connectivity index (χ0v) is 27.6. The van der Waals surface area contributed by atoms with E-state index in [0.29, 0.717) is 6.42 Å². The fourth-order valence-electron chi connectivity index (χ4n) is 5.56. The molecular weight excluding hydrogens is 568 g/mol. The van der Waals surface area contributed by atoms with Crippen molar-refractivity contribution in [3.8, 4) is 5.75 Å². The van der Waals surface area contributed by atoms with Crippen molar-refractivity contribution in [2.75, 3.05) is 6.61 Å². The monoisotopic (exact) mass is 614 g/mol. The summed E-state index contributed by atoms with van der Waals surface area (Å²) in [6.45, 7) is 11.9. The fourth-order valence-corrected chi connectivity index (χ4v) is 6.16. The maximum atomic E-state index is 11.9. The number of hydrogen-bond donors (Lipinski definition) is 1. The van der Waals surface area contributed by atoms with Crippen molar-refractivity contribution < 1.29 is 22.4 Å². The molecule has 234 valence electrons. The molecule has 4 aromatic carbocycles. The molecule has 4 aromatic rings. The van der Waals surface area contributed by atoms with Crippen molar-refractivity contribution >= 4 is 10.1 Å². The van der Waals surface area contributed by atoms with E-state index in [1.807, 2.05) is 25.1 Å². The highest BCUT2D eigenvalue weighted by Crippen LogP contribution is 2.43. The first-order valence-electron chi connectivity index (χ1n) is 15.5. The topological polar surface area (TPSA) is 72.8 Å². The maximum absolute atomic E-state index is 11.9. The lowest BCUT2D eigenvalue weighted by Crippen LogP contribution is -2.38. The molecule has 0 aliphatic rings. The van der Waals surface area contributed by atoms with E-state index in [0.717, 1.165) is 16.9 Å². The van der Waals surface area contributed by atoms with Crippen LogP contribution in [0.3, 0.4) is 0 Å². The molecule has 0 saturated heterocycles. The van der Waals surface area contributed by atoms with Gasteiger partial charge in [0.05, 0.1) is 12.7 Å². The first-order valence-corrected chi connectivity index (χ1v) is 17.0. The van der Waals surface area contributed by atoms with Crippen molar-refractivity contribution in [3.63, 3.8) is 0 Å². The van der Waals surface area contributed by atoms with E-state index in [4.69, 9.17) is 9.47 Å². The highest BCUT2D eigenvalue weighted by Gasteiger charge is 2.37. The van der Waals surface area contributed by atoms with Crippen molar-refractivity contribution in [2.45, 2.75) is 83.2 Å². The standard InChI is InChI=1S/C38H46O5S/c1-7-38(6,44(39,40)41)42-24-23-27(2)43-37-35(29(4)32-19-13-9-14-20-32)25-34(28(3)31-17-11-8-12-18-31)26-36(37)30(5)33-21-15-10-16-22-33/h8-22,25-30H,7,23-24H2,1-6H3,(H,39,40,41). The van der Waals surface area contributed by atoms with E-state index in [1.54, 1.807) is 6.92 Å². The van der Waals surface area contributed by atoms with Crippen LogP contribution in [-0.2, 0) is 14.9 Å². The van der Waals surface area contributed by atoms with Gasteiger partial charge in [0.1, 0.15) is 5.75 Å². The lowest BCUT2D eigenvalue weighted by Gasteiger charge is -2.29. The van der Waals surface area contributed by atoms with Crippen LogP contribution in [0.25, 0.3) is 0 Å². The van der Waals surface area contributed by atoms with E-state index in [9.17, 15) is 13.0 Å². The van der Waals surface area contributed by atoms with Crippen LogP contribution < -0.4 is 4.74 Å². The number of rotatable bonds is 14. The van der Waals surface area contributed by atoms with Gasteiger partial charge in [0.25, 0.3) is 10.1 Å². The SMILES string of the molecule is CCC(C)(OCCC(C)Oc1c(C(C)c2ccccc2)cc(C(C)c2ccccc2)cc1C(C)c1ccccc1)S(=O)(=O)O. The minimum Gasteiger partial charge on any atom is -0.490 e. The molecule has 4 rings (SSSR count). The van der Waals surface area contributed by atoms with Crippen LogP contribution in [0, 0.1) is 0 Å². The van der Waals surface area contributed by atoms with E-state index >= 15 is 0 Å². The predicted molar refractivity (Wildman–Crippen MR) is 179 cm³/mol. The summed E-state index contributed by atoms with van der Waals surface area (Å²) in [5.74, 6) is 1.14. The van der Waals surface area contributed by atoms with Gasteiger partial charge >= 0.3 is 0 Å². The van der Waals surface area contributed by atoms with Crippen molar-refractivity contribution in [1.29, 1.82) is 0 Å². The molecule has 0 saturated carbocycles. The Balaban J connectivity index is 1.80. The Bertz CT molecular complexity index is 1520. The Kier molecular flexibility index (Phi) is 11.1. The molecule has 0 aromatic heterocycles. The lowest BCUT2D eigenvalue weighted by molar-refractivity contribution is 0.00830. The Morgan fingerprint density at radius 1 is 0.682 bits per heavy atom. The Labute approximate surface area is 264 Å². The fraction of sp³-hybridized carbons (Fsp3) is 0.368. The molecule has 0 aliphatic heterocycles. The third kappa shape index (κ3) is 7.79. The van der Waals surface area contributed by atoms with Crippen LogP contribution in [0.15, 0.2) is 103 Å². The molecule has 1 N–H and O–H groups in total. The van der Waals surface area contributed by atoms with Gasteiger partial charge in [-0.2, -0.15) is 8.42 Å². The second-order valence-electron chi connectivity index (χ2n) is 12.0. The third-order valence-corrected chi connectivity index (χ3v) is 10.4. The molecule has 5 atom stereocenters. The van der Waals surface area contributed by atoms with Gasteiger partial charge in [-0.05, 0) is 42.5 Å². The summed E-state index contributed by atoms with van der Waals surface area (Å²) in [6, 6.07) is 36.1. The normalized spacial score (nSPS) is 16.0. The highest BCUT2D eigenvalue weighted by atomic mass is 32.2. The number of ether oxygens (including phenoxy) is 2. The Morgan fingerprint density at radius 3 is 1.48 bits per heavy atom. The summed E-state index contributed by atoms with van der Waals surface area (Å²) in [5.41, 5.74) is 7.09. The van der Waals surface area contributed by atoms with E-state index in [2.05, 4.69) is 106 Å². The molecular formula is C38H46O5S. The van der Waals surface area contributed by atoms with Crippen LogP contribution in [0.5, 0.6) is 5.75 Å². The second-order valence-corrected chi connectivity index (χ2v) is 13.8. The summed E-state index contributed by atoms with van der Waals surface area (Å²) >= 11 is 0. The van der Waals surface area contributed by atoms with Crippen LogP contribution in [-0.4, -0.2) is 30.6 Å². The van der Waals surface area contributed by atoms with Gasteiger partial charge in [0, 0.05) is 35.3 Å². The van der Waals surface area contributed by atoms with Crippen LogP contribution in [0.1, 0.15) is 106 Å². The van der Waals surface area contributed by atoms with Crippen LogP contribution in [0.4, 0.5) is 0 Å². The molecule has 0 heterocycles. The van der Waals surface area contributed by atoms with Gasteiger partial charge in [0.15, 0.2) is 4.93 Å². The number of benzene rings is 4. The zero-order chi connectivity index (χ0) is 31.9. The first-order chi connectivity index (χ1) is 20.9. The number of hydrogen-bond acceptors (Lipinski definition) is 4. The molecule has 5 nitrogen and oxygen atoms in total. The largest absolute Gasteiger partial charge is 0.490 e. The van der Waals surface area contributed by atoms with Gasteiger partial charge in [-0.15, -0.1) is 0 Å². The van der Waals surface area contributed by atoms with Gasteiger partial charge in [-0.3, -0.25) is 4.55 Å². The Hall–Kier alpha value is -3.45. The zero-order valence-electron chi connectivity index (χ0n) is 26.7. The summed E-state index contributed by atoms with van der Waals surface area (Å²) < 4.78 is 46.2. The average molecular weight is 615 g/mol. The summed E-state index contributed by atoms with van der Waals surface area (Å²) in [6.07, 6.45) is 0.309. The van der Waals surface area contributed by atoms with E-state index in [1.165, 1.54) is 29.2 Å². The molecule has 0 radical (unpaired) electrons. The van der Waals surface area contributed by atoms with Gasteiger partial charge in [-0.1, -0.05) is 131 Å². The predicted octanol–water partition coefficient (Wildman–Crippen LogP) is 9.33. The summed E-state index contributed by atoms with van der Waals surface area (Å²) in [4.78, 5) is -1.65. The maximum Gasteiger partial charge on any atom is 0.294 e. The van der Waals surface area contributed by atoms with Crippen molar-refractivity contribution in [2.24, 2.45) is 0 Å². The molecule has 0 fully saturated rings. The van der Waals surface area contributed by atoms with E-state index < -0.39 is 15.1 Å². The first kappa shape index (κ1) is 33.4.